The molecule has 0 amide bonds. The van der Waals surface area contributed by atoms with Crippen LogP contribution < -0.4 is 5.32 Å². The van der Waals surface area contributed by atoms with Crippen LogP contribution in [0.15, 0.2) is 24.3 Å². The predicted molar refractivity (Wildman–Crippen MR) is 91.6 cm³/mol. The van der Waals surface area contributed by atoms with E-state index in [-0.39, 0.29) is 0 Å². The highest BCUT2D eigenvalue weighted by Gasteiger charge is 2.24. The van der Waals surface area contributed by atoms with Crippen LogP contribution in [0.25, 0.3) is 0 Å². The summed E-state index contributed by atoms with van der Waals surface area (Å²) in [6.45, 7) is 8.88. The lowest BCUT2D eigenvalue weighted by atomic mass is 9.86. The van der Waals surface area contributed by atoms with E-state index < -0.39 is 0 Å². The van der Waals surface area contributed by atoms with Gasteiger partial charge in [0.05, 0.1) is 0 Å². The first kappa shape index (κ1) is 16.5. The Bertz CT molecular complexity index is 412. The van der Waals surface area contributed by atoms with Gasteiger partial charge < -0.3 is 10.2 Å². The van der Waals surface area contributed by atoms with Crippen LogP contribution in [0.1, 0.15) is 56.7 Å². The van der Waals surface area contributed by atoms with Gasteiger partial charge in [-0.05, 0) is 44.8 Å². The molecule has 1 fully saturated rings. The molecule has 3 atom stereocenters. The van der Waals surface area contributed by atoms with Crippen LogP contribution in [-0.4, -0.2) is 31.1 Å². The van der Waals surface area contributed by atoms with E-state index in [2.05, 4.69) is 62.3 Å². The van der Waals surface area contributed by atoms with Crippen molar-refractivity contribution >= 4 is 0 Å². The summed E-state index contributed by atoms with van der Waals surface area (Å²) in [6.07, 6.45) is 5.54. The van der Waals surface area contributed by atoms with E-state index in [9.17, 15) is 0 Å². The van der Waals surface area contributed by atoms with Crippen molar-refractivity contribution in [3.63, 3.8) is 0 Å². The lowest BCUT2D eigenvalue weighted by molar-refractivity contribution is 0.151. The van der Waals surface area contributed by atoms with Crippen LogP contribution in [0.5, 0.6) is 0 Å². The lowest BCUT2D eigenvalue weighted by Gasteiger charge is -2.36. The van der Waals surface area contributed by atoms with E-state index >= 15 is 0 Å². The third-order valence-corrected chi connectivity index (χ3v) is 4.93. The Balaban J connectivity index is 1.99. The molecule has 21 heavy (non-hydrogen) atoms. The van der Waals surface area contributed by atoms with Gasteiger partial charge in [0.15, 0.2) is 0 Å². The van der Waals surface area contributed by atoms with Crippen molar-refractivity contribution in [3.05, 3.63) is 35.4 Å². The molecule has 0 spiro atoms. The third kappa shape index (κ3) is 4.82. The minimum Gasteiger partial charge on any atom is -0.309 e. The van der Waals surface area contributed by atoms with Crippen LogP contribution in [0, 0.1) is 12.8 Å². The molecule has 1 aliphatic carbocycles. The summed E-state index contributed by atoms with van der Waals surface area (Å²) in [6, 6.07) is 10.2. The third-order valence-electron chi connectivity index (χ3n) is 4.93. The Hall–Kier alpha value is -0.860. The van der Waals surface area contributed by atoms with Crippen LogP contribution in [0.2, 0.25) is 0 Å². The largest absolute Gasteiger partial charge is 0.309 e. The predicted octanol–water partition coefficient (Wildman–Crippen LogP) is 4.16. The van der Waals surface area contributed by atoms with E-state index in [0.29, 0.717) is 6.04 Å². The second-order valence-corrected chi connectivity index (χ2v) is 6.89. The molecule has 1 aromatic rings. The molecule has 118 valence electrons. The Morgan fingerprint density at radius 3 is 2.57 bits per heavy atom. The van der Waals surface area contributed by atoms with Gasteiger partial charge in [0.1, 0.15) is 0 Å². The number of aryl methyl sites for hydroxylation is 1. The first-order chi connectivity index (χ1) is 10.1. The average molecular weight is 288 g/mol. The van der Waals surface area contributed by atoms with Gasteiger partial charge in [0, 0.05) is 18.6 Å². The molecule has 0 aromatic heterocycles. The van der Waals surface area contributed by atoms with Gasteiger partial charge in [-0.1, -0.05) is 56.5 Å². The molecule has 1 aromatic carbocycles. The fraction of sp³-hybridized carbons (Fsp3) is 0.684. The molecule has 0 aliphatic heterocycles. The Morgan fingerprint density at radius 2 is 1.95 bits per heavy atom. The van der Waals surface area contributed by atoms with Crippen LogP contribution >= 0.6 is 0 Å². The van der Waals surface area contributed by atoms with Crippen molar-refractivity contribution in [1.82, 2.24) is 10.2 Å². The van der Waals surface area contributed by atoms with Gasteiger partial charge in [-0.15, -0.1) is 0 Å². The quantitative estimate of drug-likeness (QED) is 0.845. The molecule has 0 radical (unpaired) electrons. The zero-order valence-electron chi connectivity index (χ0n) is 14.2. The van der Waals surface area contributed by atoms with E-state index in [1.165, 1.54) is 36.8 Å². The lowest BCUT2D eigenvalue weighted by Crippen LogP contribution is -2.41. The van der Waals surface area contributed by atoms with Gasteiger partial charge in [-0.2, -0.15) is 0 Å². The van der Waals surface area contributed by atoms with E-state index in [1.807, 2.05) is 0 Å². The summed E-state index contributed by atoms with van der Waals surface area (Å²) in [4.78, 5) is 2.59. The smallest absolute Gasteiger partial charge is 0.0449 e. The molecule has 0 bridgehead atoms. The maximum absolute atomic E-state index is 3.66. The first-order valence-corrected chi connectivity index (χ1v) is 8.60. The Morgan fingerprint density at radius 1 is 1.24 bits per heavy atom. The number of hydrogen-bond donors (Lipinski definition) is 1. The van der Waals surface area contributed by atoms with Crippen molar-refractivity contribution in [2.24, 2.45) is 5.92 Å². The van der Waals surface area contributed by atoms with Crippen LogP contribution in [-0.2, 0) is 0 Å². The highest BCUT2D eigenvalue weighted by Crippen LogP contribution is 2.27. The van der Waals surface area contributed by atoms with E-state index in [0.717, 1.165) is 25.0 Å². The topological polar surface area (TPSA) is 15.3 Å². The number of nitrogens with one attached hydrogen (secondary N) is 1. The van der Waals surface area contributed by atoms with Gasteiger partial charge in [-0.25, -0.2) is 0 Å². The highest BCUT2D eigenvalue weighted by atomic mass is 15.2. The molecule has 2 nitrogen and oxygen atoms in total. The maximum Gasteiger partial charge on any atom is 0.0449 e. The molecule has 1 N–H and O–H groups in total. The average Bonchev–Trinajstić information content (AvgIpc) is 2.47. The zero-order chi connectivity index (χ0) is 15.2. The monoisotopic (exact) mass is 288 g/mol. The van der Waals surface area contributed by atoms with Gasteiger partial charge in [0.2, 0.25) is 0 Å². The number of nitrogens with zero attached hydrogens (tertiary/aromatic N) is 1. The van der Waals surface area contributed by atoms with E-state index in [4.69, 9.17) is 0 Å². The van der Waals surface area contributed by atoms with Gasteiger partial charge >= 0.3 is 0 Å². The van der Waals surface area contributed by atoms with Crippen molar-refractivity contribution in [3.8, 4) is 0 Å². The van der Waals surface area contributed by atoms with E-state index in [1.54, 1.807) is 0 Å². The molecule has 0 saturated heterocycles. The summed E-state index contributed by atoms with van der Waals surface area (Å²) >= 11 is 0. The number of hydrogen-bond acceptors (Lipinski definition) is 2. The molecule has 0 heterocycles. The van der Waals surface area contributed by atoms with Gasteiger partial charge in [-0.3, -0.25) is 0 Å². The highest BCUT2D eigenvalue weighted by molar-refractivity contribution is 5.24. The summed E-state index contributed by atoms with van der Waals surface area (Å²) in [7, 11) is 2.31. The molecule has 2 heteroatoms. The van der Waals surface area contributed by atoms with Crippen molar-refractivity contribution in [1.29, 1.82) is 0 Å². The summed E-state index contributed by atoms with van der Waals surface area (Å²) < 4.78 is 0. The Labute approximate surface area is 130 Å². The van der Waals surface area contributed by atoms with Crippen LogP contribution in [0.3, 0.4) is 0 Å². The number of likely N-dealkylation sites (N-methyl/N-ethyl adjacent to an activating group) is 2. The fourth-order valence-electron chi connectivity index (χ4n) is 3.57. The first-order valence-electron chi connectivity index (χ1n) is 8.60. The molecular formula is C19H32N2. The molecule has 2 rings (SSSR count). The minimum atomic E-state index is 0.442. The standard InChI is InChI=1S/C19H32N2/c1-5-20-19(17-11-9-15(2)10-12-17)14-21(4)18-8-6-7-16(3)13-18/h9-12,16,18-20H,5-8,13-14H2,1-4H3. The summed E-state index contributed by atoms with van der Waals surface area (Å²) in [5, 5.41) is 3.66. The fourth-order valence-corrected chi connectivity index (χ4v) is 3.57. The Kier molecular flexibility index (Phi) is 6.25. The SMILES string of the molecule is CCNC(CN(C)C1CCCC(C)C1)c1ccc(C)cc1. The zero-order valence-corrected chi connectivity index (χ0v) is 14.2. The number of benzene rings is 1. The molecule has 3 unspecified atom stereocenters. The van der Waals surface area contributed by atoms with Crippen molar-refractivity contribution in [2.45, 2.75) is 58.5 Å². The molecular weight excluding hydrogens is 256 g/mol. The summed E-state index contributed by atoms with van der Waals surface area (Å²) in [5.74, 6) is 0.892. The normalized spacial score (nSPS) is 24.2. The minimum absolute atomic E-state index is 0.442. The van der Waals surface area contributed by atoms with Gasteiger partial charge in [0.25, 0.3) is 0 Å². The molecule has 1 aliphatic rings. The second-order valence-electron chi connectivity index (χ2n) is 6.89. The van der Waals surface area contributed by atoms with Crippen molar-refractivity contribution in [2.75, 3.05) is 20.1 Å². The van der Waals surface area contributed by atoms with Crippen molar-refractivity contribution < 1.29 is 0 Å². The van der Waals surface area contributed by atoms with Crippen LogP contribution in [0.4, 0.5) is 0 Å². The second kappa shape index (κ2) is 7.95. The number of rotatable bonds is 6. The maximum atomic E-state index is 3.66. The molecule has 1 saturated carbocycles. The summed E-state index contributed by atoms with van der Waals surface area (Å²) in [5.41, 5.74) is 2.75.